The zero-order valence-corrected chi connectivity index (χ0v) is 18.7. The summed E-state index contributed by atoms with van der Waals surface area (Å²) >= 11 is 0. The van der Waals surface area contributed by atoms with Gasteiger partial charge in [-0.3, -0.25) is 4.90 Å². The Morgan fingerprint density at radius 1 is 0.966 bits per heavy atom. The quantitative estimate of drug-likeness (QED) is 0.720. The number of hydrogen-bond acceptors (Lipinski definition) is 7. The number of esters is 1. The first-order valence-corrected chi connectivity index (χ1v) is 11.0. The van der Waals surface area contributed by atoms with Crippen LogP contribution in [0.5, 0.6) is 0 Å². The second-order valence-corrected chi connectivity index (χ2v) is 7.59. The number of nitrogens with zero attached hydrogens (tertiary/aromatic N) is 4. The molecule has 0 atom stereocenters. The van der Waals surface area contributed by atoms with Crippen LogP contribution in [0.2, 0.25) is 0 Å². The third-order valence-electron chi connectivity index (χ3n) is 5.70. The molecule has 0 bridgehead atoms. The molecule has 1 saturated heterocycles. The highest BCUT2D eigenvalue weighted by Crippen LogP contribution is 2.11. The van der Waals surface area contributed by atoms with Crippen LogP contribution >= 0.6 is 0 Å². The lowest BCUT2D eigenvalue weighted by Crippen LogP contribution is -2.44. The number of methoxy groups -OCH3 is 1. The first-order valence-electron chi connectivity index (χ1n) is 11.0. The second-order valence-electron chi connectivity index (χ2n) is 7.59. The van der Waals surface area contributed by atoms with E-state index in [0.29, 0.717) is 5.69 Å². The van der Waals surface area contributed by atoms with Crippen LogP contribution in [0.4, 0.5) is 0 Å². The van der Waals surface area contributed by atoms with Gasteiger partial charge >= 0.3 is 5.97 Å². The number of hydrogen-bond donors (Lipinski definition) is 1. The van der Waals surface area contributed by atoms with Crippen molar-refractivity contribution in [3.8, 4) is 0 Å². The van der Waals surface area contributed by atoms with E-state index in [0.717, 1.165) is 89.7 Å². The van der Waals surface area contributed by atoms with E-state index in [9.17, 15) is 4.79 Å². The molecule has 1 fully saturated rings. The highest BCUT2D eigenvalue weighted by molar-refractivity contribution is 5.87. The van der Waals surface area contributed by atoms with Crippen LogP contribution in [-0.2, 0) is 17.7 Å². The van der Waals surface area contributed by atoms with Crippen LogP contribution in [0.25, 0.3) is 0 Å². The molecular formula is C22H39N5O2. The minimum atomic E-state index is -0.364. The monoisotopic (exact) mass is 405 g/mol. The van der Waals surface area contributed by atoms with Gasteiger partial charge in [-0.05, 0) is 37.2 Å². The van der Waals surface area contributed by atoms with Gasteiger partial charge in [0.2, 0.25) is 0 Å². The van der Waals surface area contributed by atoms with Gasteiger partial charge in [-0.15, -0.1) is 0 Å². The summed E-state index contributed by atoms with van der Waals surface area (Å²) in [5, 5.41) is 3.57. The van der Waals surface area contributed by atoms with Crippen molar-refractivity contribution in [2.75, 3.05) is 72.6 Å². The standard InChI is InChI=1S/C22H39N5O2/c1-5-19-16-20(24-21(17-19)22(28)29-4)18-27-14-12-25(6-2)10-8-23-9-11-26(7-3)13-15-27/h16-17,23H,5-15,18H2,1-4H3. The number of carbonyl (C=O) groups excluding carboxylic acids is 1. The van der Waals surface area contributed by atoms with Crippen molar-refractivity contribution in [2.45, 2.75) is 33.7 Å². The van der Waals surface area contributed by atoms with Crippen molar-refractivity contribution in [1.29, 1.82) is 0 Å². The van der Waals surface area contributed by atoms with E-state index < -0.39 is 0 Å². The fourth-order valence-electron chi connectivity index (χ4n) is 3.66. The molecule has 0 amide bonds. The molecule has 0 spiro atoms. The van der Waals surface area contributed by atoms with Crippen LogP contribution in [-0.4, -0.2) is 98.2 Å². The molecule has 1 N–H and O–H groups in total. The van der Waals surface area contributed by atoms with Crippen LogP contribution in [0.3, 0.4) is 0 Å². The maximum absolute atomic E-state index is 12.0. The van der Waals surface area contributed by atoms with Crippen molar-refractivity contribution in [2.24, 2.45) is 0 Å². The molecule has 2 heterocycles. The zero-order chi connectivity index (χ0) is 21.1. The van der Waals surface area contributed by atoms with E-state index in [1.807, 2.05) is 6.07 Å². The predicted octanol–water partition coefficient (Wildman–Crippen LogP) is 1.48. The van der Waals surface area contributed by atoms with Gasteiger partial charge in [0.1, 0.15) is 5.69 Å². The molecule has 29 heavy (non-hydrogen) atoms. The molecule has 2 rings (SSSR count). The van der Waals surface area contributed by atoms with E-state index >= 15 is 0 Å². The first kappa shape index (κ1) is 23.7. The lowest BCUT2D eigenvalue weighted by atomic mass is 10.1. The number of pyridine rings is 1. The number of aromatic nitrogens is 1. The minimum Gasteiger partial charge on any atom is -0.464 e. The number of nitrogens with one attached hydrogen (secondary N) is 1. The van der Waals surface area contributed by atoms with E-state index in [2.05, 4.69) is 51.8 Å². The number of aryl methyl sites for hydroxylation is 1. The fourth-order valence-corrected chi connectivity index (χ4v) is 3.66. The van der Waals surface area contributed by atoms with Gasteiger partial charge in [-0.25, -0.2) is 9.78 Å². The number of carbonyl (C=O) groups is 1. The number of rotatable bonds is 6. The third kappa shape index (κ3) is 8.01. The Bertz CT molecular complexity index is 607. The van der Waals surface area contributed by atoms with Crippen LogP contribution in [0.1, 0.15) is 42.5 Å². The molecule has 0 unspecified atom stereocenters. The van der Waals surface area contributed by atoms with E-state index in [4.69, 9.17) is 4.74 Å². The topological polar surface area (TPSA) is 60.9 Å². The SMILES string of the molecule is CCc1cc(CN2CCN(CC)CCNCCN(CC)CC2)nc(C(=O)OC)c1. The fraction of sp³-hybridized carbons (Fsp3) is 0.727. The van der Waals surface area contributed by atoms with Crippen molar-refractivity contribution < 1.29 is 9.53 Å². The predicted molar refractivity (Wildman–Crippen MR) is 117 cm³/mol. The Morgan fingerprint density at radius 3 is 2.07 bits per heavy atom. The normalized spacial score (nSPS) is 18.8. The molecule has 164 valence electrons. The molecule has 1 aromatic heterocycles. The van der Waals surface area contributed by atoms with Gasteiger partial charge in [0.15, 0.2) is 0 Å². The Balaban J connectivity index is 2.15. The van der Waals surface area contributed by atoms with Crippen molar-refractivity contribution in [3.63, 3.8) is 0 Å². The third-order valence-corrected chi connectivity index (χ3v) is 5.70. The molecule has 7 nitrogen and oxygen atoms in total. The van der Waals surface area contributed by atoms with E-state index in [-0.39, 0.29) is 5.97 Å². The van der Waals surface area contributed by atoms with E-state index in [1.54, 1.807) is 0 Å². The summed E-state index contributed by atoms with van der Waals surface area (Å²) in [7, 11) is 1.41. The highest BCUT2D eigenvalue weighted by atomic mass is 16.5. The molecule has 1 aliphatic rings. The molecule has 0 aromatic carbocycles. The smallest absolute Gasteiger partial charge is 0.356 e. The average Bonchev–Trinajstić information content (AvgIpc) is 2.75. The summed E-state index contributed by atoms with van der Waals surface area (Å²) in [6.07, 6.45) is 0.875. The Kier molecular flexibility index (Phi) is 10.6. The van der Waals surface area contributed by atoms with Gasteiger partial charge in [0, 0.05) is 58.9 Å². The second kappa shape index (κ2) is 12.9. The van der Waals surface area contributed by atoms with Crippen molar-refractivity contribution in [1.82, 2.24) is 25.0 Å². The molecule has 0 radical (unpaired) electrons. The van der Waals surface area contributed by atoms with Gasteiger partial charge in [-0.1, -0.05) is 20.8 Å². The number of ether oxygens (including phenoxy) is 1. The van der Waals surface area contributed by atoms with E-state index in [1.165, 1.54) is 7.11 Å². The number of likely N-dealkylation sites (N-methyl/N-ethyl adjacent to an activating group) is 2. The van der Waals surface area contributed by atoms with Gasteiger partial charge in [-0.2, -0.15) is 0 Å². The largest absolute Gasteiger partial charge is 0.464 e. The summed E-state index contributed by atoms with van der Waals surface area (Å²) in [5.74, 6) is -0.364. The summed E-state index contributed by atoms with van der Waals surface area (Å²) in [6.45, 7) is 17.7. The molecule has 7 heteroatoms. The molecule has 1 aromatic rings. The minimum absolute atomic E-state index is 0.364. The van der Waals surface area contributed by atoms with Crippen LogP contribution in [0, 0.1) is 0 Å². The Labute approximate surface area is 176 Å². The van der Waals surface area contributed by atoms with Crippen molar-refractivity contribution >= 4 is 5.97 Å². The van der Waals surface area contributed by atoms with Crippen LogP contribution < -0.4 is 5.32 Å². The lowest BCUT2D eigenvalue weighted by molar-refractivity contribution is 0.0593. The van der Waals surface area contributed by atoms with Gasteiger partial charge in [0.05, 0.1) is 12.8 Å². The van der Waals surface area contributed by atoms with Gasteiger partial charge in [0.25, 0.3) is 0 Å². The molecule has 0 aliphatic carbocycles. The van der Waals surface area contributed by atoms with Gasteiger partial charge < -0.3 is 19.9 Å². The maximum atomic E-state index is 12.0. The molecule has 0 saturated carbocycles. The van der Waals surface area contributed by atoms with Crippen molar-refractivity contribution in [3.05, 3.63) is 29.1 Å². The highest BCUT2D eigenvalue weighted by Gasteiger charge is 2.15. The Hall–Kier alpha value is -1.54. The summed E-state index contributed by atoms with van der Waals surface area (Å²) in [6, 6.07) is 3.97. The summed E-state index contributed by atoms with van der Waals surface area (Å²) in [5.41, 5.74) is 2.48. The van der Waals surface area contributed by atoms with Crippen LogP contribution in [0.15, 0.2) is 12.1 Å². The lowest BCUT2D eigenvalue weighted by Gasteiger charge is -2.30. The first-order chi connectivity index (χ1) is 14.1. The maximum Gasteiger partial charge on any atom is 0.356 e. The Morgan fingerprint density at radius 2 is 1.55 bits per heavy atom. The molecular weight excluding hydrogens is 366 g/mol. The summed E-state index contributed by atoms with van der Waals surface area (Å²) < 4.78 is 4.90. The molecule has 1 aliphatic heterocycles. The zero-order valence-electron chi connectivity index (χ0n) is 18.7. The average molecular weight is 406 g/mol. The summed E-state index contributed by atoms with van der Waals surface area (Å²) in [4.78, 5) is 24.1.